The van der Waals surface area contributed by atoms with Gasteiger partial charge in [-0.1, -0.05) is 31.9 Å². The number of esters is 1. The Morgan fingerprint density at radius 3 is 2.43 bits per heavy atom. The summed E-state index contributed by atoms with van der Waals surface area (Å²) in [5, 5.41) is 0. The van der Waals surface area contributed by atoms with Gasteiger partial charge in [0.1, 0.15) is 5.75 Å². The summed E-state index contributed by atoms with van der Waals surface area (Å²) in [4.78, 5) is 15.7. The second-order valence-electron chi connectivity index (χ2n) is 5.31. The van der Waals surface area contributed by atoms with E-state index < -0.39 is 0 Å². The smallest absolute Gasteiger partial charge is 0.339 e. The van der Waals surface area contributed by atoms with Gasteiger partial charge >= 0.3 is 5.97 Å². The van der Waals surface area contributed by atoms with Crippen molar-refractivity contribution in [1.82, 2.24) is 4.98 Å². The molecule has 0 atom stereocenters. The molecule has 0 N–H and O–H groups in total. The van der Waals surface area contributed by atoms with E-state index in [-0.39, 0.29) is 5.97 Å². The minimum atomic E-state index is -0.372. The van der Waals surface area contributed by atoms with Crippen LogP contribution in [0.1, 0.15) is 49.0 Å². The topological polar surface area (TPSA) is 48.4 Å². The number of carbonyl (C=O) groups excluding carboxylic acids is 1. The zero-order chi connectivity index (χ0) is 16.5. The first-order valence-corrected chi connectivity index (χ1v) is 8.13. The molecular formula is C19H23NO3. The molecule has 4 heteroatoms. The predicted molar refractivity (Wildman–Crippen MR) is 89.9 cm³/mol. The van der Waals surface area contributed by atoms with Crippen LogP contribution in [-0.4, -0.2) is 17.6 Å². The molecule has 0 aliphatic carbocycles. The number of nitrogens with zero attached hydrogens (tertiary/aromatic N) is 1. The first-order chi connectivity index (χ1) is 11.2. The molecule has 0 spiro atoms. The van der Waals surface area contributed by atoms with Crippen molar-refractivity contribution in [3.05, 3.63) is 53.7 Å². The Morgan fingerprint density at radius 1 is 1.04 bits per heavy atom. The number of pyridine rings is 1. The van der Waals surface area contributed by atoms with Crippen molar-refractivity contribution in [2.75, 3.05) is 6.61 Å². The van der Waals surface area contributed by atoms with Gasteiger partial charge in [0, 0.05) is 12.3 Å². The molecule has 122 valence electrons. The van der Waals surface area contributed by atoms with E-state index >= 15 is 0 Å². The number of unbranched alkanes of at least 4 members (excludes halogenated alkanes) is 2. The summed E-state index contributed by atoms with van der Waals surface area (Å²) < 4.78 is 10.6. The van der Waals surface area contributed by atoms with Crippen LogP contribution in [0.25, 0.3) is 0 Å². The van der Waals surface area contributed by atoms with Gasteiger partial charge in [-0.05, 0) is 43.5 Å². The van der Waals surface area contributed by atoms with Crippen LogP contribution in [0.4, 0.5) is 0 Å². The van der Waals surface area contributed by atoms with Crippen molar-refractivity contribution >= 4 is 5.97 Å². The van der Waals surface area contributed by atoms with Gasteiger partial charge in [-0.15, -0.1) is 0 Å². The molecule has 1 aromatic carbocycles. The molecule has 0 saturated heterocycles. The van der Waals surface area contributed by atoms with E-state index in [2.05, 4.69) is 24.0 Å². The summed E-state index contributed by atoms with van der Waals surface area (Å²) in [6.45, 7) is 4.33. The van der Waals surface area contributed by atoms with Gasteiger partial charge < -0.3 is 9.47 Å². The number of hydrogen-bond acceptors (Lipinski definition) is 4. The molecule has 1 heterocycles. The van der Waals surface area contributed by atoms with Crippen molar-refractivity contribution in [3.8, 4) is 11.6 Å². The second kappa shape index (κ2) is 8.93. The third-order valence-electron chi connectivity index (χ3n) is 3.46. The van der Waals surface area contributed by atoms with Crippen molar-refractivity contribution in [1.29, 1.82) is 0 Å². The molecule has 0 aliphatic rings. The minimum absolute atomic E-state index is 0.349. The summed E-state index contributed by atoms with van der Waals surface area (Å²) in [6.07, 6.45) is 6.27. The number of hydrogen-bond donors (Lipinski definition) is 0. The van der Waals surface area contributed by atoms with Crippen LogP contribution in [0, 0.1) is 0 Å². The maximum absolute atomic E-state index is 11.6. The van der Waals surface area contributed by atoms with Gasteiger partial charge in [0.05, 0.1) is 12.2 Å². The molecule has 0 amide bonds. The molecule has 2 rings (SSSR count). The molecule has 0 bridgehead atoms. The predicted octanol–water partition coefficient (Wildman–Crippen LogP) is 4.78. The van der Waals surface area contributed by atoms with Gasteiger partial charge in [-0.25, -0.2) is 9.78 Å². The Bertz CT molecular complexity index is 606. The summed E-state index contributed by atoms with van der Waals surface area (Å²) in [6, 6.07) is 11.4. The average Bonchev–Trinajstić information content (AvgIpc) is 2.57. The van der Waals surface area contributed by atoms with E-state index in [4.69, 9.17) is 9.47 Å². The van der Waals surface area contributed by atoms with Crippen LogP contribution < -0.4 is 4.74 Å². The summed E-state index contributed by atoms with van der Waals surface area (Å²) in [7, 11) is 0. The monoisotopic (exact) mass is 313 g/mol. The Morgan fingerprint density at radius 2 is 1.83 bits per heavy atom. The highest BCUT2D eigenvalue weighted by Gasteiger charge is 2.07. The van der Waals surface area contributed by atoms with Crippen LogP contribution in [-0.2, 0) is 11.2 Å². The summed E-state index contributed by atoms with van der Waals surface area (Å²) >= 11 is 0. The SMILES string of the molecule is CCCCCc1ccc(Oc2ccc(C(=O)OCC)cn2)cc1. The van der Waals surface area contributed by atoms with E-state index in [0.717, 1.165) is 12.2 Å². The quantitative estimate of drug-likeness (QED) is 0.519. The molecule has 0 aliphatic heterocycles. The van der Waals surface area contributed by atoms with Crippen molar-refractivity contribution in [3.63, 3.8) is 0 Å². The van der Waals surface area contributed by atoms with E-state index in [1.54, 1.807) is 19.1 Å². The van der Waals surface area contributed by atoms with Gasteiger partial charge in [-0.2, -0.15) is 0 Å². The fourth-order valence-electron chi connectivity index (χ4n) is 2.20. The molecule has 4 nitrogen and oxygen atoms in total. The van der Waals surface area contributed by atoms with E-state index in [1.165, 1.54) is 31.0 Å². The van der Waals surface area contributed by atoms with Crippen molar-refractivity contribution < 1.29 is 14.3 Å². The second-order valence-corrected chi connectivity index (χ2v) is 5.31. The third-order valence-corrected chi connectivity index (χ3v) is 3.46. The highest BCUT2D eigenvalue weighted by molar-refractivity contribution is 5.89. The van der Waals surface area contributed by atoms with Crippen LogP contribution in [0.15, 0.2) is 42.6 Å². The summed E-state index contributed by atoms with van der Waals surface area (Å²) in [5.74, 6) is 0.820. The maximum atomic E-state index is 11.6. The van der Waals surface area contributed by atoms with Crippen molar-refractivity contribution in [2.24, 2.45) is 0 Å². The van der Waals surface area contributed by atoms with E-state index in [1.807, 2.05) is 12.1 Å². The molecule has 23 heavy (non-hydrogen) atoms. The molecule has 0 unspecified atom stereocenters. The fourth-order valence-corrected chi connectivity index (χ4v) is 2.20. The largest absolute Gasteiger partial charge is 0.462 e. The lowest BCUT2D eigenvalue weighted by Gasteiger charge is -2.07. The molecular weight excluding hydrogens is 290 g/mol. The number of rotatable bonds is 8. The Kier molecular flexibility index (Phi) is 6.60. The number of aromatic nitrogens is 1. The summed E-state index contributed by atoms with van der Waals surface area (Å²) in [5.41, 5.74) is 1.74. The third kappa shape index (κ3) is 5.40. The standard InChI is InChI=1S/C19H23NO3/c1-3-5-6-7-15-8-11-17(12-9-15)23-18-13-10-16(14-20-18)19(21)22-4-2/h8-14H,3-7H2,1-2H3. The lowest BCUT2D eigenvalue weighted by Crippen LogP contribution is -2.04. The lowest BCUT2D eigenvalue weighted by molar-refractivity contribution is 0.0526. The zero-order valence-corrected chi connectivity index (χ0v) is 13.7. The highest BCUT2D eigenvalue weighted by atomic mass is 16.5. The fraction of sp³-hybridized carbons (Fsp3) is 0.368. The Labute approximate surface area is 137 Å². The van der Waals surface area contributed by atoms with Crippen LogP contribution in [0.2, 0.25) is 0 Å². The van der Waals surface area contributed by atoms with Gasteiger partial charge in [0.25, 0.3) is 0 Å². The molecule has 0 saturated carbocycles. The first-order valence-electron chi connectivity index (χ1n) is 8.13. The maximum Gasteiger partial charge on any atom is 0.339 e. The number of benzene rings is 1. The van der Waals surface area contributed by atoms with Crippen LogP contribution in [0.5, 0.6) is 11.6 Å². The van der Waals surface area contributed by atoms with Crippen molar-refractivity contribution in [2.45, 2.75) is 39.5 Å². The first kappa shape index (κ1) is 17.0. The molecule has 2 aromatic rings. The number of aryl methyl sites for hydroxylation is 1. The normalized spacial score (nSPS) is 10.3. The van der Waals surface area contributed by atoms with Gasteiger partial charge in [0.2, 0.25) is 5.88 Å². The lowest BCUT2D eigenvalue weighted by atomic mass is 10.1. The highest BCUT2D eigenvalue weighted by Crippen LogP contribution is 2.20. The minimum Gasteiger partial charge on any atom is -0.462 e. The Hall–Kier alpha value is -2.36. The molecule has 0 fully saturated rings. The van der Waals surface area contributed by atoms with Crippen LogP contribution in [0.3, 0.4) is 0 Å². The molecule has 0 radical (unpaired) electrons. The molecule has 1 aromatic heterocycles. The van der Waals surface area contributed by atoms with E-state index in [0.29, 0.717) is 18.1 Å². The van der Waals surface area contributed by atoms with Gasteiger partial charge in [-0.3, -0.25) is 0 Å². The van der Waals surface area contributed by atoms with E-state index in [9.17, 15) is 4.79 Å². The zero-order valence-electron chi connectivity index (χ0n) is 13.7. The average molecular weight is 313 g/mol. The Balaban J connectivity index is 1.92. The van der Waals surface area contributed by atoms with Crippen LogP contribution >= 0.6 is 0 Å². The van der Waals surface area contributed by atoms with Gasteiger partial charge in [0.15, 0.2) is 0 Å². The number of ether oxygens (including phenoxy) is 2. The number of carbonyl (C=O) groups is 1.